The molecule has 1 aromatic heterocycles. The third kappa shape index (κ3) is 6.47. The molecular formula is C25H30N4O5S. The number of pyridine rings is 1. The highest BCUT2D eigenvalue weighted by molar-refractivity contribution is 7.92. The molecule has 1 aliphatic heterocycles. The normalized spacial score (nSPS) is 17.3. The van der Waals surface area contributed by atoms with Crippen LogP contribution in [-0.2, 0) is 14.8 Å². The standard InChI is InChI=1S/C25H30N4O5S/c1-28(24(31)17-34-25-22-6-4-3-5-18(22)11-13-26-25)23(16-29-14-12-21(30)15-29)19-7-9-20(10-8-19)27-35(2,32)33/h3-11,13,21,23,27,30H,12,14-17H2,1-2H3/t21-,23?/m0/s1. The first-order valence-corrected chi connectivity index (χ1v) is 13.3. The summed E-state index contributed by atoms with van der Waals surface area (Å²) in [5, 5.41) is 11.8. The number of likely N-dealkylation sites (N-methyl/N-ethyl adjacent to an activating group) is 1. The molecule has 0 aliphatic carbocycles. The van der Waals surface area contributed by atoms with E-state index in [9.17, 15) is 18.3 Å². The van der Waals surface area contributed by atoms with Crippen molar-refractivity contribution >= 4 is 32.4 Å². The summed E-state index contributed by atoms with van der Waals surface area (Å²) in [7, 11) is -1.66. The number of aliphatic hydroxyl groups is 1. The minimum absolute atomic E-state index is 0.176. The zero-order valence-electron chi connectivity index (χ0n) is 19.8. The lowest BCUT2D eigenvalue weighted by Gasteiger charge is -2.32. The predicted octanol–water partition coefficient (Wildman–Crippen LogP) is 2.25. The van der Waals surface area contributed by atoms with E-state index in [1.165, 1.54) is 0 Å². The Morgan fingerprint density at radius 3 is 2.66 bits per heavy atom. The average molecular weight is 499 g/mol. The molecule has 2 atom stereocenters. The van der Waals surface area contributed by atoms with Crippen molar-refractivity contribution in [3.63, 3.8) is 0 Å². The van der Waals surface area contributed by atoms with Gasteiger partial charge < -0.3 is 14.7 Å². The average Bonchev–Trinajstić information content (AvgIpc) is 3.25. The Morgan fingerprint density at radius 1 is 1.23 bits per heavy atom. The molecule has 0 bridgehead atoms. The summed E-state index contributed by atoms with van der Waals surface area (Å²) in [4.78, 5) is 21.2. The zero-order valence-corrected chi connectivity index (χ0v) is 20.6. The first-order valence-electron chi connectivity index (χ1n) is 11.4. The van der Waals surface area contributed by atoms with Gasteiger partial charge in [-0.15, -0.1) is 0 Å². The summed E-state index contributed by atoms with van der Waals surface area (Å²) in [6.45, 7) is 1.64. The quantitative estimate of drug-likeness (QED) is 0.465. The van der Waals surface area contributed by atoms with Crippen molar-refractivity contribution in [1.29, 1.82) is 0 Å². The van der Waals surface area contributed by atoms with Gasteiger partial charge in [-0.25, -0.2) is 13.4 Å². The molecule has 2 aromatic carbocycles. The Bertz CT molecular complexity index is 1280. The van der Waals surface area contributed by atoms with Gasteiger partial charge in [-0.3, -0.25) is 14.4 Å². The number of rotatable bonds is 9. The Morgan fingerprint density at radius 2 is 1.97 bits per heavy atom. The molecular weight excluding hydrogens is 468 g/mol. The van der Waals surface area contributed by atoms with Crippen LogP contribution in [0.3, 0.4) is 0 Å². The highest BCUT2D eigenvalue weighted by Crippen LogP contribution is 2.26. The first-order chi connectivity index (χ1) is 16.7. The maximum absolute atomic E-state index is 13.2. The number of carbonyl (C=O) groups excluding carboxylic acids is 1. The molecule has 1 unspecified atom stereocenters. The summed E-state index contributed by atoms with van der Waals surface area (Å²) < 4.78 is 31.3. The molecule has 1 aliphatic rings. The van der Waals surface area contributed by atoms with Crippen molar-refractivity contribution < 1.29 is 23.1 Å². The number of nitrogens with one attached hydrogen (secondary N) is 1. The summed E-state index contributed by atoms with van der Waals surface area (Å²) in [6, 6.07) is 16.2. The number of hydrogen-bond donors (Lipinski definition) is 2. The van der Waals surface area contributed by atoms with E-state index in [-0.39, 0.29) is 24.7 Å². The summed E-state index contributed by atoms with van der Waals surface area (Å²) in [5.41, 5.74) is 1.30. The fourth-order valence-corrected chi connectivity index (χ4v) is 4.84. The molecule has 2 N–H and O–H groups in total. The number of anilines is 1. The zero-order chi connectivity index (χ0) is 25.0. The lowest BCUT2D eigenvalue weighted by molar-refractivity contribution is -0.134. The Kier molecular flexibility index (Phi) is 7.54. The fourth-order valence-electron chi connectivity index (χ4n) is 4.27. The number of aliphatic hydroxyl groups excluding tert-OH is 1. The van der Waals surface area contributed by atoms with E-state index in [1.807, 2.05) is 42.5 Å². The first kappa shape index (κ1) is 24.9. The van der Waals surface area contributed by atoms with Crippen molar-refractivity contribution in [2.75, 3.05) is 44.3 Å². The fraction of sp³-hybridized carbons (Fsp3) is 0.360. The van der Waals surface area contributed by atoms with Crippen LogP contribution in [0.1, 0.15) is 18.0 Å². The molecule has 0 spiro atoms. The number of hydrogen-bond acceptors (Lipinski definition) is 7. The van der Waals surface area contributed by atoms with E-state index >= 15 is 0 Å². The van der Waals surface area contributed by atoms with E-state index in [0.717, 1.165) is 29.1 Å². The van der Waals surface area contributed by atoms with Gasteiger partial charge in [-0.1, -0.05) is 30.3 Å². The van der Waals surface area contributed by atoms with E-state index < -0.39 is 10.0 Å². The maximum atomic E-state index is 13.2. The van der Waals surface area contributed by atoms with E-state index in [4.69, 9.17) is 4.74 Å². The van der Waals surface area contributed by atoms with Gasteiger partial charge in [0.1, 0.15) is 0 Å². The molecule has 0 saturated carbocycles. The largest absolute Gasteiger partial charge is 0.467 e. The van der Waals surface area contributed by atoms with Crippen LogP contribution in [0, 0.1) is 0 Å². The number of aromatic nitrogens is 1. The number of sulfonamides is 1. The van der Waals surface area contributed by atoms with E-state index in [1.54, 1.807) is 30.3 Å². The minimum atomic E-state index is -3.39. The lowest BCUT2D eigenvalue weighted by atomic mass is 10.0. The molecule has 4 rings (SSSR count). The molecule has 3 aromatic rings. The van der Waals surface area contributed by atoms with Crippen LogP contribution in [0.15, 0.2) is 60.8 Å². The van der Waals surface area contributed by atoms with Gasteiger partial charge in [-0.05, 0) is 41.6 Å². The Labute approximate surface area is 205 Å². The molecule has 1 amide bonds. The number of nitrogens with zero attached hydrogens (tertiary/aromatic N) is 3. The van der Waals surface area contributed by atoms with Crippen LogP contribution in [0.4, 0.5) is 5.69 Å². The number of fused-ring (bicyclic) bond motifs is 1. The van der Waals surface area contributed by atoms with Gasteiger partial charge in [0.2, 0.25) is 15.9 Å². The van der Waals surface area contributed by atoms with E-state index in [0.29, 0.717) is 31.1 Å². The Hall–Kier alpha value is -3.21. The van der Waals surface area contributed by atoms with Crippen LogP contribution >= 0.6 is 0 Å². The molecule has 186 valence electrons. The van der Waals surface area contributed by atoms with Gasteiger partial charge in [0, 0.05) is 44.0 Å². The van der Waals surface area contributed by atoms with Crippen molar-refractivity contribution in [2.24, 2.45) is 0 Å². The molecule has 10 heteroatoms. The van der Waals surface area contributed by atoms with Crippen molar-refractivity contribution in [1.82, 2.24) is 14.8 Å². The number of likely N-dealkylation sites (tertiary alicyclic amines) is 1. The number of β-amino-alcohol motifs (C(OH)–C–C–N with tert-alkyl or cyclic N) is 1. The Balaban J connectivity index is 1.51. The lowest BCUT2D eigenvalue weighted by Crippen LogP contribution is -2.41. The van der Waals surface area contributed by atoms with E-state index in [2.05, 4.69) is 14.6 Å². The summed E-state index contributed by atoms with van der Waals surface area (Å²) in [6.07, 6.45) is 3.06. The molecule has 1 saturated heterocycles. The smallest absolute Gasteiger partial charge is 0.260 e. The van der Waals surface area contributed by atoms with Crippen molar-refractivity contribution in [3.8, 4) is 5.88 Å². The summed E-state index contributed by atoms with van der Waals surface area (Å²) in [5.74, 6) is 0.183. The maximum Gasteiger partial charge on any atom is 0.260 e. The van der Waals surface area contributed by atoms with Gasteiger partial charge in [0.15, 0.2) is 6.61 Å². The van der Waals surface area contributed by atoms with Crippen molar-refractivity contribution in [3.05, 3.63) is 66.4 Å². The highest BCUT2D eigenvalue weighted by Gasteiger charge is 2.28. The number of carbonyl (C=O) groups is 1. The topological polar surface area (TPSA) is 112 Å². The number of ether oxygens (including phenoxy) is 1. The second kappa shape index (κ2) is 10.6. The van der Waals surface area contributed by atoms with Gasteiger partial charge >= 0.3 is 0 Å². The van der Waals surface area contributed by atoms with Gasteiger partial charge in [0.05, 0.1) is 18.4 Å². The molecule has 2 heterocycles. The third-order valence-corrected chi connectivity index (χ3v) is 6.71. The molecule has 9 nitrogen and oxygen atoms in total. The summed E-state index contributed by atoms with van der Waals surface area (Å²) >= 11 is 0. The predicted molar refractivity (Wildman–Crippen MR) is 135 cm³/mol. The van der Waals surface area contributed by atoms with Crippen LogP contribution in [-0.4, -0.2) is 79.9 Å². The second-order valence-corrected chi connectivity index (χ2v) is 10.6. The SMILES string of the molecule is CN(C(=O)COc1nccc2ccccc12)C(CN1CC[C@H](O)C1)c1ccc(NS(C)(=O)=O)cc1. The molecule has 1 fully saturated rings. The third-order valence-electron chi connectivity index (χ3n) is 6.11. The van der Waals surface area contributed by atoms with Crippen LogP contribution < -0.4 is 9.46 Å². The van der Waals surface area contributed by atoms with Crippen molar-refractivity contribution in [2.45, 2.75) is 18.6 Å². The monoisotopic (exact) mass is 498 g/mol. The minimum Gasteiger partial charge on any atom is -0.467 e. The van der Waals surface area contributed by atoms with Crippen LogP contribution in [0.25, 0.3) is 10.8 Å². The van der Waals surface area contributed by atoms with Gasteiger partial charge in [-0.2, -0.15) is 0 Å². The molecule has 35 heavy (non-hydrogen) atoms. The number of amides is 1. The highest BCUT2D eigenvalue weighted by atomic mass is 32.2. The number of benzene rings is 2. The van der Waals surface area contributed by atoms with Crippen LogP contribution in [0.5, 0.6) is 5.88 Å². The van der Waals surface area contributed by atoms with Gasteiger partial charge in [0.25, 0.3) is 5.91 Å². The molecule has 0 radical (unpaired) electrons. The van der Waals surface area contributed by atoms with Crippen LogP contribution in [0.2, 0.25) is 0 Å². The second-order valence-electron chi connectivity index (χ2n) is 8.84.